The summed E-state index contributed by atoms with van der Waals surface area (Å²) in [4.78, 5) is 22.6. The third kappa shape index (κ3) is 6.28. The SMILES string of the molecule is C=CC(=O)N1CCC(Oc2cc3c(Nc4ccc(Oc5cccc(-c6nnc(C)o6)c5)cc4Cl)ncnc3cc2OC)CC1. The number of anilines is 2. The third-order valence-electron chi connectivity index (χ3n) is 7.18. The van der Waals surface area contributed by atoms with E-state index in [1.54, 1.807) is 25.0 Å². The average Bonchev–Trinajstić information content (AvgIpc) is 3.48. The van der Waals surface area contributed by atoms with Crippen molar-refractivity contribution in [3.63, 3.8) is 0 Å². The van der Waals surface area contributed by atoms with Crippen molar-refractivity contribution in [1.29, 1.82) is 0 Å². The van der Waals surface area contributed by atoms with Crippen molar-refractivity contribution in [3.05, 3.63) is 84.5 Å². The second-order valence-corrected chi connectivity index (χ2v) is 10.5. The number of aromatic nitrogens is 4. The minimum atomic E-state index is -0.0740. The molecule has 6 rings (SSSR count). The Labute approximate surface area is 258 Å². The van der Waals surface area contributed by atoms with Gasteiger partial charge in [-0.1, -0.05) is 24.2 Å². The maximum atomic E-state index is 12.0. The van der Waals surface area contributed by atoms with Crippen molar-refractivity contribution in [2.24, 2.45) is 0 Å². The van der Waals surface area contributed by atoms with E-state index in [4.69, 9.17) is 30.2 Å². The number of benzene rings is 3. The first-order valence-corrected chi connectivity index (χ1v) is 14.3. The van der Waals surface area contributed by atoms with Crippen molar-refractivity contribution in [2.75, 3.05) is 25.5 Å². The number of hydrogen-bond donors (Lipinski definition) is 1. The summed E-state index contributed by atoms with van der Waals surface area (Å²) in [5.41, 5.74) is 2.05. The highest BCUT2D eigenvalue weighted by Gasteiger charge is 2.24. The first-order chi connectivity index (χ1) is 21.4. The van der Waals surface area contributed by atoms with Crippen molar-refractivity contribution in [3.8, 4) is 34.5 Å². The number of piperidine rings is 1. The van der Waals surface area contributed by atoms with E-state index in [9.17, 15) is 4.79 Å². The van der Waals surface area contributed by atoms with E-state index < -0.39 is 0 Å². The zero-order chi connectivity index (χ0) is 30.6. The number of likely N-dealkylation sites (tertiary alicyclic amines) is 1. The smallest absolute Gasteiger partial charge is 0.247 e. The Balaban J connectivity index is 1.20. The van der Waals surface area contributed by atoms with E-state index >= 15 is 0 Å². The number of aryl methyl sites for hydroxylation is 1. The molecule has 0 bridgehead atoms. The molecular weight excluding hydrogens is 584 g/mol. The Morgan fingerprint density at radius 2 is 1.89 bits per heavy atom. The number of amides is 1. The largest absolute Gasteiger partial charge is 0.493 e. The molecule has 3 aromatic carbocycles. The maximum Gasteiger partial charge on any atom is 0.247 e. The fourth-order valence-corrected chi connectivity index (χ4v) is 5.17. The molecule has 44 heavy (non-hydrogen) atoms. The zero-order valence-corrected chi connectivity index (χ0v) is 24.9. The van der Waals surface area contributed by atoms with Gasteiger partial charge in [0.2, 0.25) is 17.7 Å². The van der Waals surface area contributed by atoms with E-state index in [-0.39, 0.29) is 12.0 Å². The molecule has 0 unspecified atom stereocenters. The molecule has 12 heteroatoms. The van der Waals surface area contributed by atoms with Crippen LogP contribution in [0.15, 0.2) is 78.0 Å². The van der Waals surface area contributed by atoms with Gasteiger partial charge in [-0.3, -0.25) is 4.79 Å². The molecule has 0 spiro atoms. The predicted molar refractivity (Wildman–Crippen MR) is 166 cm³/mol. The Bertz CT molecular complexity index is 1840. The van der Waals surface area contributed by atoms with Crippen molar-refractivity contribution in [1.82, 2.24) is 25.1 Å². The van der Waals surface area contributed by atoms with E-state index in [0.29, 0.717) is 82.8 Å². The number of nitrogens with zero attached hydrogens (tertiary/aromatic N) is 5. The molecule has 11 nitrogen and oxygen atoms in total. The number of ether oxygens (including phenoxy) is 3. The summed E-state index contributed by atoms with van der Waals surface area (Å²) >= 11 is 6.68. The summed E-state index contributed by atoms with van der Waals surface area (Å²) < 4.78 is 23.6. The number of rotatable bonds is 9. The van der Waals surface area contributed by atoms with Crippen molar-refractivity contribution >= 4 is 39.9 Å². The summed E-state index contributed by atoms with van der Waals surface area (Å²) in [6.07, 6.45) is 4.13. The fourth-order valence-electron chi connectivity index (χ4n) is 4.95. The maximum absolute atomic E-state index is 12.0. The normalized spacial score (nSPS) is 13.5. The van der Waals surface area contributed by atoms with Gasteiger partial charge in [-0.15, -0.1) is 10.2 Å². The van der Waals surface area contributed by atoms with Gasteiger partial charge in [0.25, 0.3) is 0 Å². The third-order valence-corrected chi connectivity index (χ3v) is 7.49. The van der Waals surface area contributed by atoms with Crippen molar-refractivity contribution < 1.29 is 23.4 Å². The Kier molecular flexibility index (Phi) is 8.29. The molecule has 1 aliphatic heterocycles. The van der Waals surface area contributed by atoms with Crippen LogP contribution in [0.5, 0.6) is 23.0 Å². The number of halogens is 1. The first kappa shape index (κ1) is 28.9. The second kappa shape index (κ2) is 12.6. The van der Waals surface area contributed by atoms with Crippen molar-refractivity contribution in [2.45, 2.75) is 25.9 Å². The number of hydrogen-bond acceptors (Lipinski definition) is 10. The van der Waals surface area contributed by atoms with Crippen LogP contribution in [0.4, 0.5) is 11.5 Å². The molecule has 3 heterocycles. The predicted octanol–water partition coefficient (Wildman–Crippen LogP) is 6.74. The van der Waals surface area contributed by atoms with Gasteiger partial charge in [-0.25, -0.2) is 9.97 Å². The minimum Gasteiger partial charge on any atom is -0.493 e. The van der Waals surface area contributed by atoms with Crippen LogP contribution in [-0.4, -0.2) is 57.3 Å². The molecule has 2 aromatic heterocycles. The number of carbonyl (C=O) groups excluding carboxylic acids is 1. The van der Waals surface area contributed by atoms with Gasteiger partial charge in [0.1, 0.15) is 29.7 Å². The summed E-state index contributed by atoms with van der Waals surface area (Å²) in [5.74, 6) is 3.65. The zero-order valence-electron chi connectivity index (χ0n) is 24.1. The molecule has 0 radical (unpaired) electrons. The van der Waals surface area contributed by atoms with Crippen LogP contribution in [0, 0.1) is 6.92 Å². The van der Waals surface area contributed by atoms with Crippen LogP contribution < -0.4 is 19.5 Å². The Morgan fingerprint density at radius 3 is 2.61 bits per heavy atom. The lowest BCUT2D eigenvalue weighted by Gasteiger charge is -2.31. The van der Waals surface area contributed by atoms with Crippen LogP contribution in [-0.2, 0) is 4.79 Å². The van der Waals surface area contributed by atoms with E-state index in [1.165, 1.54) is 12.4 Å². The number of nitrogens with one attached hydrogen (secondary N) is 1. The first-order valence-electron chi connectivity index (χ1n) is 14.0. The molecule has 0 atom stereocenters. The molecule has 0 saturated carbocycles. The standard InChI is InChI=1S/C32H29ClN6O5/c1-4-30(40)39-12-10-21(11-13-39)44-29-16-24-27(17-28(29)41-3)34-18-35-31(24)36-26-9-8-23(15-25(26)33)43-22-7-5-6-20(14-22)32-38-37-19(2)42-32/h4-9,14-18,21H,1,10-13H2,2-3H3,(H,34,35,36). The van der Waals surface area contributed by atoms with Crippen LogP contribution >= 0.6 is 11.6 Å². The van der Waals surface area contributed by atoms with Crippen LogP contribution in [0.3, 0.4) is 0 Å². The highest BCUT2D eigenvalue weighted by atomic mass is 35.5. The summed E-state index contributed by atoms with van der Waals surface area (Å²) in [6.45, 7) is 6.51. The average molecular weight is 613 g/mol. The quantitative estimate of drug-likeness (QED) is 0.179. The van der Waals surface area contributed by atoms with Gasteiger partial charge in [0.15, 0.2) is 11.5 Å². The van der Waals surface area contributed by atoms with Crippen LogP contribution in [0.2, 0.25) is 5.02 Å². The van der Waals surface area contributed by atoms with Gasteiger partial charge in [0, 0.05) is 55.9 Å². The summed E-state index contributed by atoms with van der Waals surface area (Å²) in [7, 11) is 1.59. The Morgan fingerprint density at radius 1 is 1.07 bits per heavy atom. The van der Waals surface area contributed by atoms with Gasteiger partial charge in [-0.2, -0.15) is 0 Å². The molecule has 1 aliphatic rings. The molecule has 1 saturated heterocycles. The molecule has 0 aliphatic carbocycles. The Hall–Kier alpha value is -5.16. The highest BCUT2D eigenvalue weighted by molar-refractivity contribution is 6.33. The van der Waals surface area contributed by atoms with Crippen LogP contribution in [0.25, 0.3) is 22.4 Å². The van der Waals surface area contributed by atoms with Gasteiger partial charge >= 0.3 is 0 Å². The molecule has 5 aromatic rings. The number of fused-ring (bicyclic) bond motifs is 1. The monoisotopic (exact) mass is 612 g/mol. The van der Waals surface area contributed by atoms with E-state index in [1.807, 2.05) is 48.5 Å². The van der Waals surface area contributed by atoms with Gasteiger partial charge < -0.3 is 28.8 Å². The fraction of sp³-hybridized carbons (Fsp3) is 0.219. The molecule has 1 fully saturated rings. The second-order valence-electron chi connectivity index (χ2n) is 10.1. The number of methoxy groups -OCH3 is 1. The summed E-state index contributed by atoms with van der Waals surface area (Å²) in [5, 5.41) is 12.4. The van der Waals surface area contributed by atoms with E-state index in [2.05, 4.69) is 32.1 Å². The molecular formula is C32H29ClN6O5. The van der Waals surface area contributed by atoms with E-state index in [0.717, 1.165) is 10.9 Å². The van der Waals surface area contributed by atoms with Gasteiger partial charge in [0.05, 0.1) is 23.3 Å². The molecule has 1 N–H and O–H groups in total. The summed E-state index contributed by atoms with van der Waals surface area (Å²) in [6, 6.07) is 16.4. The molecule has 224 valence electrons. The minimum absolute atomic E-state index is 0.0671. The lowest BCUT2D eigenvalue weighted by Crippen LogP contribution is -2.41. The lowest BCUT2D eigenvalue weighted by molar-refractivity contribution is -0.127. The highest BCUT2D eigenvalue weighted by Crippen LogP contribution is 2.38. The van der Waals surface area contributed by atoms with Gasteiger partial charge in [-0.05, 0) is 42.5 Å². The topological polar surface area (TPSA) is 125 Å². The number of carbonyl (C=O) groups is 1. The molecule has 1 amide bonds. The van der Waals surface area contributed by atoms with Crippen LogP contribution in [0.1, 0.15) is 18.7 Å². The lowest BCUT2D eigenvalue weighted by atomic mass is 10.1.